The normalized spacial score (nSPS) is 28.8. The summed E-state index contributed by atoms with van der Waals surface area (Å²) in [6.07, 6.45) is 2.90. The minimum absolute atomic E-state index is 0.0719. The molecule has 4 nitrogen and oxygen atoms in total. The van der Waals surface area contributed by atoms with E-state index in [-0.39, 0.29) is 22.3 Å². The molecule has 0 bridgehead atoms. The molecule has 2 aliphatic rings. The Hall–Kier alpha value is -0.943. The molecule has 0 spiro atoms. The van der Waals surface area contributed by atoms with E-state index in [0.717, 1.165) is 24.8 Å². The van der Waals surface area contributed by atoms with Gasteiger partial charge in [-0.3, -0.25) is 4.79 Å². The summed E-state index contributed by atoms with van der Waals surface area (Å²) in [6.45, 7) is 13.4. The fourth-order valence-electron chi connectivity index (χ4n) is 3.52. The van der Waals surface area contributed by atoms with Crippen LogP contribution in [0.25, 0.3) is 0 Å². The zero-order chi connectivity index (χ0) is 17.6. The van der Waals surface area contributed by atoms with E-state index in [1.807, 2.05) is 0 Å². The second-order valence-electron chi connectivity index (χ2n) is 8.59. The van der Waals surface area contributed by atoms with Gasteiger partial charge in [0.1, 0.15) is 5.57 Å². The molecule has 0 N–H and O–H groups in total. The van der Waals surface area contributed by atoms with E-state index >= 15 is 0 Å². The van der Waals surface area contributed by atoms with Crippen molar-refractivity contribution in [3.63, 3.8) is 0 Å². The topological polar surface area (TPSA) is 52.6 Å². The van der Waals surface area contributed by atoms with Crippen molar-refractivity contribution in [1.82, 2.24) is 0 Å². The van der Waals surface area contributed by atoms with Crippen LogP contribution in [0, 0.1) is 5.41 Å². The van der Waals surface area contributed by atoms with Crippen LogP contribution in [0.4, 0.5) is 0 Å². The van der Waals surface area contributed by atoms with E-state index in [0.29, 0.717) is 12.0 Å². The number of carbonyl (C=O) groups is 2. The molecule has 0 saturated heterocycles. The maximum atomic E-state index is 12.2. The molecule has 0 amide bonds. The highest BCUT2D eigenvalue weighted by Gasteiger charge is 2.52. The summed E-state index contributed by atoms with van der Waals surface area (Å²) in [5.41, 5.74) is 1.04. The summed E-state index contributed by atoms with van der Waals surface area (Å²) in [5, 5.41) is 0.144. The first-order valence-corrected chi connectivity index (χ1v) is 11.4. The Labute approximate surface area is 140 Å². The van der Waals surface area contributed by atoms with Gasteiger partial charge in [-0.25, -0.2) is 4.79 Å². The van der Waals surface area contributed by atoms with Crippen molar-refractivity contribution in [2.45, 2.75) is 77.6 Å². The van der Waals surface area contributed by atoms with Crippen molar-refractivity contribution in [3.05, 3.63) is 11.1 Å². The molecule has 1 fully saturated rings. The molecule has 0 aromatic heterocycles. The highest BCUT2D eigenvalue weighted by atomic mass is 28.4. The number of hydrogen-bond donors (Lipinski definition) is 0. The Kier molecular flexibility index (Phi) is 4.68. The van der Waals surface area contributed by atoms with Crippen molar-refractivity contribution in [3.8, 4) is 0 Å². The molecule has 2 rings (SSSR count). The molecule has 2 aliphatic carbocycles. The third-order valence-corrected chi connectivity index (χ3v) is 10.6. The first-order chi connectivity index (χ1) is 10.4. The standard InChI is InChI=1S/C18H30O4Si/c1-17(2,3)23(6,7)22-14-9-8-12-15(16(20)21-5)13(19)10-11-18(12,14)4/h14H,8-11H2,1-7H3/t14-,18-/m0/s1. The third-order valence-electron chi connectivity index (χ3n) is 6.14. The molecule has 0 radical (unpaired) electrons. The van der Waals surface area contributed by atoms with E-state index < -0.39 is 14.3 Å². The van der Waals surface area contributed by atoms with Crippen LogP contribution in [0.5, 0.6) is 0 Å². The van der Waals surface area contributed by atoms with Crippen molar-refractivity contribution in [1.29, 1.82) is 0 Å². The van der Waals surface area contributed by atoms with Crippen LogP contribution in [0.1, 0.15) is 53.4 Å². The second-order valence-corrected chi connectivity index (χ2v) is 13.3. The Morgan fingerprint density at radius 1 is 1.26 bits per heavy atom. The number of methoxy groups -OCH3 is 1. The van der Waals surface area contributed by atoms with Crippen LogP contribution < -0.4 is 0 Å². The van der Waals surface area contributed by atoms with Crippen molar-refractivity contribution in [2.24, 2.45) is 5.41 Å². The molecule has 0 aromatic carbocycles. The lowest BCUT2D eigenvalue weighted by Gasteiger charge is -2.44. The summed E-state index contributed by atoms with van der Waals surface area (Å²) in [7, 11) is -0.551. The molecular weight excluding hydrogens is 308 g/mol. The fourth-order valence-corrected chi connectivity index (χ4v) is 4.97. The highest BCUT2D eigenvalue weighted by molar-refractivity contribution is 6.74. The molecule has 0 aliphatic heterocycles. The van der Waals surface area contributed by atoms with Gasteiger partial charge in [0, 0.05) is 11.8 Å². The number of hydrogen-bond acceptors (Lipinski definition) is 4. The Morgan fingerprint density at radius 2 is 1.87 bits per heavy atom. The number of ether oxygens (including phenoxy) is 1. The monoisotopic (exact) mass is 338 g/mol. The van der Waals surface area contributed by atoms with E-state index in [4.69, 9.17) is 9.16 Å². The molecule has 5 heteroatoms. The average molecular weight is 339 g/mol. The van der Waals surface area contributed by atoms with Crippen LogP contribution in [0.3, 0.4) is 0 Å². The van der Waals surface area contributed by atoms with Gasteiger partial charge in [0.05, 0.1) is 13.2 Å². The number of fused-ring (bicyclic) bond motifs is 1. The smallest absolute Gasteiger partial charge is 0.341 e. The van der Waals surface area contributed by atoms with Crippen LogP contribution in [-0.2, 0) is 18.8 Å². The lowest BCUT2D eigenvalue weighted by atomic mass is 9.71. The molecule has 0 heterocycles. The van der Waals surface area contributed by atoms with Gasteiger partial charge in [-0.2, -0.15) is 0 Å². The van der Waals surface area contributed by atoms with E-state index in [9.17, 15) is 9.59 Å². The number of ketones is 1. The Morgan fingerprint density at radius 3 is 2.39 bits per heavy atom. The molecule has 0 unspecified atom stereocenters. The predicted octanol–water partition coefficient (Wildman–Crippen LogP) is 4.01. The van der Waals surface area contributed by atoms with Crippen LogP contribution >= 0.6 is 0 Å². The van der Waals surface area contributed by atoms with Crippen LogP contribution in [0.15, 0.2) is 11.1 Å². The molecule has 2 atom stereocenters. The summed E-state index contributed by atoms with van der Waals surface area (Å²) in [4.78, 5) is 24.3. The summed E-state index contributed by atoms with van der Waals surface area (Å²) in [5.74, 6) is -0.554. The number of Topliss-reactive ketones (excluding diaryl/α,β-unsaturated/α-hetero) is 1. The minimum atomic E-state index is -1.89. The summed E-state index contributed by atoms with van der Waals surface area (Å²) in [6, 6.07) is 0. The molecule has 130 valence electrons. The minimum Gasteiger partial charge on any atom is -0.465 e. The number of esters is 1. The number of rotatable bonds is 3. The predicted molar refractivity (Wildman–Crippen MR) is 92.7 cm³/mol. The van der Waals surface area contributed by atoms with Crippen molar-refractivity contribution >= 4 is 20.1 Å². The van der Waals surface area contributed by atoms with Gasteiger partial charge in [-0.15, -0.1) is 0 Å². The quantitative estimate of drug-likeness (QED) is 0.443. The van der Waals surface area contributed by atoms with Gasteiger partial charge in [0.25, 0.3) is 0 Å². The lowest BCUT2D eigenvalue weighted by molar-refractivity contribution is -0.138. The lowest BCUT2D eigenvalue weighted by Crippen LogP contribution is -2.48. The number of carbonyl (C=O) groups excluding carboxylic acids is 2. The van der Waals surface area contributed by atoms with Gasteiger partial charge in [0.15, 0.2) is 14.1 Å². The average Bonchev–Trinajstić information content (AvgIpc) is 2.74. The maximum Gasteiger partial charge on any atom is 0.341 e. The zero-order valence-electron chi connectivity index (χ0n) is 15.5. The Balaban J connectivity index is 2.38. The first kappa shape index (κ1) is 18.4. The third kappa shape index (κ3) is 3.05. The SMILES string of the molecule is COC(=O)C1=C2CC[C@H](O[Si](C)(C)C(C)(C)C)[C@@]2(C)CCC1=O. The van der Waals surface area contributed by atoms with Gasteiger partial charge in [-0.05, 0) is 43.0 Å². The molecule has 23 heavy (non-hydrogen) atoms. The summed E-state index contributed by atoms with van der Waals surface area (Å²) >= 11 is 0. The maximum absolute atomic E-state index is 12.2. The van der Waals surface area contributed by atoms with Crippen LogP contribution in [-0.4, -0.2) is 33.3 Å². The second kappa shape index (κ2) is 5.85. The van der Waals surface area contributed by atoms with Crippen molar-refractivity contribution in [2.75, 3.05) is 7.11 Å². The zero-order valence-corrected chi connectivity index (χ0v) is 16.5. The molecular formula is C18H30O4Si. The first-order valence-electron chi connectivity index (χ1n) is 8.47. The van der Waals surface area contributed by atoms with E-state index in [1.54, 1.807) is 0 Å². The van der Waals surface area contributed by atoms with Gasteiger partial charge in [-0.1, -0.05) is 27.7 Å². The summed E-state index contributed by atoms with van der Waals surface area (Å²) < 4.78 is 11.5. The Bertz CT molecular complexity index is 556. The molecule has 1 saturated carbocycles. The van der Waals surface area contributed by atoms with Crippen molar-refractivity contribution < 1.29 is 18.8 Å². The largest absolute Gasteiger partial charge is 0.465 e. The fraction of sp³-hybridized carbons (Fsp3) is 0.778. The van der Waals surface area contributed by atoms with Crippen LogP contribution in [0.2, 0.25) is 18.1 Å². The van der Waals surface area contributed by atoms with Gasteiger partial charge in [0.2, 0.25) is 0 Å². The van der Waals surface area contributed by atoms with Gasteiger partial charge < -0.3 is 9.16 Å². The molecule has 0 aromatic rings. The van der Waals surface area contributed by atoms with Gasteiger partial charge >= 0.3 is 5.97 Å². The highest BCUT2D eigenvalue weighted by Crippen LogP contribution is 2.54. The van der Waals surface area contributed by atoms with E-state index in [1.165, 1.54) is 7.11 Å². The van der Waals surface area contributed by atoms with E-state index in [2.05, 4.69) is 40.8 Å².